The molecule has 1 aromatic rings. The Hall–Kier alpha value is -2.00. The Bertz CT molecular complexity index is 765. The molecular weight excluding hydrogens is 381 g/mol. The van der Waals surface area contributed by atoms with Crippen LogP contribution in [-0.4, -0.2) is 53.6 Å². The van der Waals surface area contributed by atoms with E-state index in [0.717, 1.165) is 48.7 Å². The molecule has 1 aromatic heterocycles. The second kappa shape index (κ2) is 8.02. The summed E-state index contributed by atoms with van der Waals surface area (Å²) in [6, 6.07) is 2.27. The number of hydrazine groups is 1. The minimum Gasteiger partial charge on any atom is -0.346 e. The average molecular weight is 410 g/mol. The highest BCUT2D eigenvalue weighted by Crippen LogP contribution is 2.40. The Morgan fingerprint density at radius 3 is 2.48 bits per heavy atom. The van der Waals surface area contributed by atoms with Crippen molar-refractivity contribution in [2.45, 2.75) is 50.7 Å². The van der Waals surface area contributed by atoms with Gasteiger partial charge in [-0.25, -0.2) is 10.8 Å². The first-order valence-electron chi connectivity index (χ1n) is 10.3. The van der Waals surface area contributed by atoms with Gasteiger partial charge in [0.15, 0.2) is 0 Å². The minimum atomic E-state index is -4.04. The summed E-state index contributed by atoms with van der Waals surface area (Å²) in [4.78, 5) is 9.83. The summed E-state index contributed by atoms with van der Waals surface area (Å²) in [6.45, 7) is 1.79. The number of fused-ring (bicyclic) bond motifs is 1. The number of allylic oxidation sites excluding steroid dienone is 1. The lowest BCUT2D eigenvalue weighted by atomic mass is 9.83. The van der Waals surface area contributed by atoms with Crippen LogP contribution in [0.1, 0.15) is 44.1 Å². The topological polar surface area (TPSA) is 72.7 Å². The molecule has 29 heavy (non-hydrogen) atoms. The van der Waals surface area contributed by atoms with Crippen molar-refractivity contribution in [2.24, 2.45) is 22.7 Å². The largest absolute Gasteiger partial charge is 0.391 e. The van der Waals surface area contributed by atoms with Crippen LogP contribution in [-0.2, 0) is 0 Å². The highest BCUT2D eigenvalue weighted by molar-refractivity contribution is 5.87. The van der Waals surface area contributed by atoms with Crippen molar-refractivity contribution in [3.05, 3.63) is 23.5 Å². The zero-order valence-corrected chi connectivity index (χ0v) is 16.7. The summed E-state index contributed by atoms with van der Waals surface area (Å²) in [5.74, 6) is 6.21. The van der Waals surface area contributed by atoms with E-state index in [4.69, 9.17) is 5.84 Å². The van der Waals surface area contributed by atoms with Crippen molar-refractivity contribution in [2.75, 3.05) is 20.1 Å². The van der Waals surface area contributed by atoms with Crippen LogP contribution in [0.25, 0.3) is 5.70 Å². The molecule has 9 heteroatoms. The monoisotopic (exact) mass is 410 g/mol. The van der Waals surface area contributed by atoms with Gasteiger partial charge in [0.2, 0.25) is 0 Å². The number of halogens is 3. The first kappa shape index (κ1) is 20.3. The molecule has 0 amide bonds. The van der Waals surface area contributed by atoms with Crippen LogP contribution in [0.3, 0.4) is 0 Å². The molecule has 0 unspecified atom stereocenters. The lowest BCUT2D eigenvalue weighted by Crippen LogP contribution is -2.46. The van der Waals surface area contributed by atoms with E-state index in [0.29, 0.717) is 18.8 Å². The molecule has 1 saturated heterocycles. The van der Waals surface area contributed by atoms with Gasteiger partial charge in [-0.2, -0.15) is 13.2 Å². The molecule has 0 aromatic carbocycles. The van der Waals surface area contributed by atoms with Crippen LogP contribution in [0.5, 0.6) is 0 Å². The molecule has 6 nitrogen and oxygen atoms in total. The highest BCUT2D eigenvalue weighted by Gasteiger charge is 2.42. The molecule has 1 saturated carbocycles. The van der Waals surface area contributed by atoms with E-state index in [1.54, 1.807) is 11.3 Å². The van der Waals surface area contributed by atoms with Crippen LogP contribution < -0.4 is 11.2 Å². The fourth-order valence-corrected chi connectivity index (χ4v) is 5.10. The van der Waals surface area contributed by atoms with E-state index in [-0.39, 0.29) is 18.9 Å². The molecule has 4 N–H and O–H groups in total. The van der Waals surface area contributed by atoms with Gasteiger partial charge in [-0.3, -0.25) is 0 Å². The van der Waals surface area contributed by atoms with E-state index in [1.807, 2.05) is 19.3 Å². The number of rotatable bonds is 3. The number of aromatic nitrogens is 1. The zero-order valence-electron chi connectivity index (χ0n) is 16.7. The molecule has 160 valence electrons. The molecular formula is C20H29F3N6. The third-order valence-electron chi connectivity index (χ3n) is 6.63. The Balaban J connectivity index is 1.41. The van der Waals surface area contributed by atoms with Crippen molar-refractivity contribution < 1.29 is 13.2 Å². The van der Waals surface area contributed by atoms with E-state index in [2.05, 4.69) is 20.2 Å². The predicted octanol–water partition coefficient (Wildman–Crippen LogP) is 3.58. The number of alkyl halides is 3. The molecule has 2 aliphatic heterocycles. The summed E-state index contributed by atoms with van der Waals surface area (Å²) >= 11 is 0. The fraction of sp³-hybridized carbons (Fsp3) is 0.650. The molecule has 2 fully saturated rings. The fourth-order valence-electron chi connectivity index (χ4n) is 5.10. The second-order valence-corrected chi connectivity index (χ2v) is 8.37. The summed E-state index contributed by atoms with van der Waals surface area (Å²) < 4.78 is 38.8. The van der Waals surface area contributed by atoms with E-state index in [9.17, 15) is 13.2 Å². The smallest absolute Gasteiger partial charge is 0.346 e. The lowest BCUT2D eigenvalue weighted by Gasteiger charge is -2.42. The van der Waals surface area contributed by atoms with Crippen molar-refractivity contribution in [1.82, 2.24) is 20.2 Å². The first-order chi connectivity index (χ1) is 13.8. The van der Waals surface area contributed by atoms with E-state index < -0.39 is 12.1 Å². The number of H-pyrrole nitrogens is 1. The van der Waals surface area contributed by atoms with Gasteiger partial charge in [0.05, 0.1) is 23.7 Å². The predicted molar refractivity (Wildman–Crippen MR) is 107 cm³/mol. The maximum Gasteiger partial charge on any atom is 0.391 e. The van der Waals surface area contributed by atoms with Crippen LogP contribution in [0.15, 0.2) is 23.0 Å². The van der Waals surface area contributed by atoms with Crippen LogP contribution in [0.4, 0.5) is 19.0 Å². The quantitative estimate of drug-likeness (QED) is 0.526. The Morgan fingerprint density at radius 1 is 1.17 bits per heavy atom. The third-order valence-corrected chi connectivity index (χ3v) is 6.63. The molecule has 3 heterocycles. The van der Waals surface area contributed by atoms with Gasteiger partial charge in [-0.1, -0.05) is 0 Å². The normalized spacial score (nSPS) is 28.0. The number of piperidine rings is 1. The molecule has 0 spiro atoms. The van der Waals surface area contributed by atoms with Crippen LogP contribution >= 0.6 is 0 Å². The Morgan fingerprint density at radius 2 is 1.86 bits per heavy atom. The Kier molecular flexibility index (Phi) is 5.61. The van der Waals surface area contributed by atoms with Gasteiger partial charge in [0, 0.05) is 30.8 Å². The number of nitrogens with zero attached hydrogens (tertiary/aromatic N) is 3. The molecule has 0 bridgehead atoms. The summed E-state index contributed by atoms with van der Waals surface area (Å²) in [7, 11) is 1.85. The number of nitrogens with two attached hydrogens (primary N) is 1. The number of hydrogen-bond donors (Lipinski definition) is 3. The minimum absolute atomic E-state index is 0.258. The number of aliphatic imine (C=N–C) groups is 1. The summed E-state index contributed by atoms with van der Waals surface area (Å²) in [5, 5.41) is 4.95. The van der Waals surface area contributed by atoms with Gasteiger partial charge in [-0.15, -0.1) is 0 Å². The second-order valence-electron chi connectivity index (χ2n) is 8.37. The zero-order chi connectivity index (χ0) is 20.6. The standard InChI is InChI=1S/C20H29F3N6/c1-28(24)18(17-16-6-9-25-19(16)27-12-26-17)13-7-10-29(11-8-13)15-4-2-14(3-5-15)20(21,22)23/h6,9,12-15,25H,2-5,7-8,10-11,24H2,1H3,(H,26,27)/b18-17-. The van der Waals surface area contributed by atoms with Gasteiger partial charge in [-0.05, 0) is 57.7 Å². The average Bonchev–Trinajstić information content (AvgIpc) is 3.18. The highest BCUT2D eigenvalue weighted by atomic mass is 19.4. The summed E-state index contributed by atoms with van der Waals surface area (Å²) in [5.41, 5.74) is 3.04. The molecule has 3 aliphatic rings. The third kappa shape index (κ3) is 4.16. The molecule has 1 aliphatic carbocycles. The number of likely N-dealkylation sites (tertiary alicyclic amines) is 1. The first-order valence-corrected chi connectivity index (χ1v) is 10.3. The number of aromatic amines is 1. The maximum atomic E-state index is 12.9. The van der Waals surface area contributed by atoms with E-state index in [1.165, 1.54) is 0 Å². The van der Waals surface area contributed by atoms with Crippen LogP contribution in [0, 0.1) is 11.8 Å². The van der Waals surface area contributed by atoms with Gasteiger partial charge in [0.25, 0.3) is 0 Å². The van der Waals surface area contributed by atoms with Crippen molar-refractivity contribution in [3.8, 4) is 0 Å². The van der Waals surface area contributed by atoms with Crippen LogP contribution in [0.2, 0.25) is 0 Å². The van der Waals surface area contributed by atoms with Crippen molar-refractivity contribution in [1.29, 1.82) is 0 Å². The number of nitrogens with one attached hydrogen (secondary N) is 2. The molecule has 4 rings (SSSR count). The lowest BCUT2D eigenvalue weighted by molar-refractivity contribution is -0.184. The molecule has 0 atom stereocenters. The number of hydrogen-bond acceptors (Lipinski definition) is 5. The van der Waals surface area contributed by atoms with Crippen molar-refractivity contribution >= 4 is 17.9 Å². The van der Waals surface area contributed by atoms with Crippen molar-refractivity contribution in [3.63, 3.8) is 0 Å². The van der Waals surface area contributed by atoms with Gasteiger partial charge < -0.3 is 20.2 Å². The van der Waals surface area contributed by atoms with Gasteiger partial charge in [0.1, 0.15) is 5.82 Å². The molecule has 0 radical (unpaired) electrons. The Labute approximate surface area is 169 Å². The maximum absolute atomic E-state index is 12.9. The van der Waals surface area contributed by atoms with E-state index >= 15 is 0 Å². The van der Waals surface area contributed by atoms with Gasteiger partial charge >= 0.3 is 6.18 Å². The SMILES string of the molecule is CN(N)/C(=C1\NC=Nc2[nH]ccc21)C1CCN(C2CCC(C(F)(F)F)CC2)CC1. The summed E-state index contributed by atoms with van der Waals surface area (Å²) in [6.07, 6.45) is 3.18.